The predicted molar refractivity (Wildman–Crippen MR) is 90.9 cm³/mol. The molecule has 0 aliphatic carbocycles. The van der Waals surface area contributed by atoms with Gasteiger partial charge in [-0.15, -0.1) is 10.2 Å². The van der Waals surface area contributed by atoms with Crippen molar-refractivity contribution in [3.8, 4) is 0 Å². The van der Waals surface area contributed by atoms with Gasteiger partial charge in [0.2, 0.25) is 0 Å². The molecule has 3 aromatic rings. The van der Waals surface area contributed by atoms with Crippen LogP contribution in [0.3, 0.4) is 0 Å². The number of nitrogens with two attached hydrogens (primary N) is 2. The van der Waals surface area contributed by atoms with E-state index in [2.05, 4.69) is 10.2 Å². The van der Waals surface area contributed by atoms with Crippen molar-refractivity contribution >= 4 is 22.5 Å². The topological polar surface area (TPSA) is 94.9 Å². The zero-order chi connectivity index (χ0) is 18.0. The molecule has 0 bridgehead atoms. The smallest absolute Gasteiger partial charge is 0.271 e. The van der Waals surface area contributed by atoms with Crippen molar-refractivity contribution in [1.82, 2.24) is 10.2 Å². The average molecular weight is 342 g/mol. The van der Waals surface area contributed by atoms with E-state index in [9.17, 15) is 13.6 Å². The van der Waals surface area contributed by atoms with Crippen LogP contribution in [0.1, 0.15) is 28.0 Å². The molecule has 1 heterocycles. The highest BCUT2D eigenvalue weighted by molar-refractivity contribution is 6.04. The molecule has 0 aliphatic heterocycles. The number of rotatable bonds is 5. The summed E-state index contributed by atoms with van der Waals surface area (Å²) in [6.07, 6.45) is 1.71. The van der Waals surface area contributed by atoms with Crippen molar-refractivity contribution < 1.29 is 13.6 Å². The molecule has 0 aliphatic rings. The molecule has 4 N–H and O–H groups in total. The molecule has 0 atom stereocenters. The van der Waals surface area contributed by atoms with Crippen LogP contribution in [0.2, 0.25) is 0 Å². The molecular weight excluding hydrogens is 326 g/mol. The number of fused-ring (bicyclic) bond motifs is 1. The Morgan fingerprint density at radius 1 is 1.04 bits per heavy atom. The van der Waals surface area contributed by atoms with Crippen LogP contribution in [0.25, 0.3) is 10.9 Å². The number of nitrogen functional groups attached to an aromatic ring is 1. The summed E-state index contributed by atoms with van der Waals surface area (Å²) >= 11 is 0. The van der Waals surface area contributed by atoms with Gasteiger partial charge in [0.1, 0.15) is 11.6 Å². The van der Waals surface area contributed by atoms with E-state index in [1.54, 1.807) is 12.1 Å². The molecule has 1 amide bonds. The minimum atomic E-state index is -0.732. The molecule has 0 unspecified atom stereocenters. The summed E-state index contributed by atoms with van der Waals surface area (Å²) in [6.45, 7) is 0. The van der Waals surface area contributed by atoms with E-state index >= 15 is 0 Å². The summed E-state index contributed by atoms with van der Waals surface area (Å²) in [6, 6.07) is 9.00. The van der Waals surface area contributed by atoms with Gasteiger partial charge in [-0.2, -0.15) is 0 Å². The van der Waals surface area contributed by atoms with E-state index in [0.29, 0.717) is 35.7 Å². The highest BCUT2D eigenvalue weighted by atomic mass is 19.1. The number of anilines is 1. The number of primary amides is 1. The number of nitrogens with zero attached hydrogens (tertiary/aromatic N) is 2. The van der Waals surface area contributed by atoms with E-state index in [0.717, 1.165) is 11.6 Å². The molecule has 128 valence electrons. The van der Waals surface area contributed by atoms with Crippen LogP contribution >= 0.6 is 0 Å². The van der Waals surface area contributed by atoms with E-state index in [-0.39, 0.29) is 11.4 Å². The Hall–Kier alpha value is -3.09. The highest BCUT2D eigenvalue weighted by Gasteiger charge is 2.14. The zero-order valence-electron chi connectivity index (χ0n) is 13.3. The second kappa shape index (κ2) is 6.80. The van der Waals surface area contributed by atoms with Gasteiger partial charge in [0.05, 0.1) is 11.2 Å². The van der Waals surface area contributed by atoms with Gasteiger partial charge in [0.25, 0.3) is 5.91 Å². The number of hydrogen-bond donors (Lipinski definition) is 2. The molecular formula is C18H16F2N4O. The Labute approximate surface area is 142 Å². The fourth-order valence-electron chi connectivity index (χ4n) is 2.79. The van der Waals surface area contributed by atoms with E-state index < -0.39 is 17.5 Å². The van der Waals surface area contributed by atoms with Crippen LogP contribution in [-0.2, 0) is 12.8 Å². The summed E-state index contributed by atoms with van der Waals surface area (Å²) in [5, 5.41) is 8.47. The standard InChI is InChI=1S/C18H16F2N4O/c19-12-8-7-10(14(20)9-12)3-1-4-11-5-2-6-13-15(21)17(18(22)25)24-23-16(11)13/h2,5-9H,1,3-4H2,(H2,21,23)(H2,22,25). The Morgan fingerprint density at radius 3 is 2.52 bits per heavy atom. The highest BCUT2D eigenvalue weighted by Crippen LogP contribution is 2.25. The van der Waals surface area contributed by atoms with Crippen LogP contribution in [-0.4, -0.2) is 16.1 Å². The summed E-state index contributed by atoms with van der Waals surface area (Å²) in [5.41, 5.74) is 13.3. The van der Waals surface area contributed by atoms with Crippen LogP contribution in [0.4, 0.5) is 14.5 Å². The molecule has 3 rings (SSSR count). The number of halogens is 2. The normalized spacial score (nSPS) is 11.0. The van der Waals surface area contributed by atoms with E-state index in [1.807, 2.05) is 6.07 Å². The van der Waals surface area contributed by atoms with E-state index in [4.69, 9.17) is 11.5 Å². The molecule has 25 heavy (non-hydrogen) atoms. The van der Waals surface area contributed by atoms with Gasteiger partial charge in [0, 0.05) is 11.5 Å². The zero-order valence-corrected chi connectivity index (χ0v) is 13.3. The Balaban J connectivity index is 1.82. The summed E-state index contributed by atoms with van der Waals surface area (Å²) < 4.78 is 26.6. The first-order chi connectivity index (χ1) is 12.0. The predicted octanol–water partition coefficient (Wildman–Crippen LogP) is 2.76. The fraction of sp³-hybridized carbons (Fsp3) is 0.167. The number of hydrogen-bond acceptors (Lipinski definition) is 4. The summed E-state index contributed by atoms with van der Waals surface area (Å²) in [5.74, 6) is -1.87. The first-order valence-corrected chi connectivity index (χ1v) is 7.75. The molecule has 0 fully saturated rings. The number of aromatic nitrogens is 2. The minimum absolute atomic E-state index is 0.0574. The lowest BCUT2D eigenvalue weighted by Gasteiger charge is -2.09. The second-order valence-electron chi connectivity index (χ2n) is 5.73. The lowest BCUT2D eigenvalue weighted by molar-refractivity contribution is 0.0995. The second-order valence-corrected chi connectivity index (χ2v) is 5.73. The quantitative estimate of drug-likeness (QED) is 0.745. The Bertz CT molecular complexity index is 959. The number of benzene rings is 2. The molecule has 0 saturated carbocycles. The lowest BCUT2D eigenvalue weighted by atomic mass is 10.0. The Kier molecular flexibility index (Phi) is 4.56. The third-order valence-corrected chi connectivity index (χ3v) is 4.06. The number of carbonyl (C=O) groups excluding carboxylic acids is 1. The maximum absolute atomic E-state index is 13.7. The Morgan fingerprint density at radius 2 is 1.80 bits per heavy atom. The molecule has 7 heteroatoms. The molecule has 0 saturated heterocycles. The first-order valence-electron chi connectivity index (χ1n) is 7.75. The van der Waals surface area contributed by atoms with Crippen molar-refractivity contribution in [2.45, 2.75) is 19.3 Å². The van der Waals surface area contributed by atoms with Gasteiger partial charge >= 0.3 is 0 Å². The maximum Gasteiger partial charge on any atom is 0.271 e. The largest absolute Gasteiger partial charge is 0.396 e. The molecule has 1 aromatic heterocycles. The molecule has 2 aromatic carbocycles. The van der Waals surface area contributed by atoms with Gasteiger partial charge in [0.15, 0.2) is 5.69 Å². The van der Waals surface area contributed by atoms with E-state index in [1.165, 1.54) is 12.1 Å². The van der Waals surface area contributed by atoms with Crippen LogP contribution in [0.15, 0.2) is 36.4 Å². The van der Waals surface area contributed by atoms with Gasteiger partial charge in [-0.3, -0.25) is 4.79 Å². The third kappa shape index (κ3) is 3.40. The SMILES string of the molecule is NC(=O)c1nnc2c(CCCc3ccc(F)cc3F)cccc2c1N. The summed E-state index contributed by atoms with van der Waals surface area (Å²) in [4.78, 5) is 11.3. The average Bonchev–Trinajstić information content (AvgIpc) is 2.57. The van der Waals surface area contributed by atoms with Gasteiger partial charge in [-0.1, -0.05) is 24.3 Å². The van der Waals surface area contributed by atoms with Crippen LogP contribution in [0, 0.1) is 11.6 Å². The molecule has 0 spiro atoms. The monoisotopic (exact) mass is 342 g/mol. The van der Waals surface area contributed by atoms with Crippen LogP contribution < -0.4 is 11.5 Å². The fourth-order valence-corrected chi connectivity index (χ4v) is 2.79. The van der Waals surface area contributed by atoms with Gasteiger partial charge in [-0.25, -0.2) is 8.78 Å². The van der Waals surface area contributed by atoms with Crippen molar-refractivity contribution in [3.05, 3.63) is 64.9 Å². The third-order valence-electron chi connectivity index (χ3n) is 4.06. The number of carbonyl (C=O) groups is 1. The van der Waals surface area contributed by atoms with Crippen molar-refractivity contribution in [2.75, 3.05) is 5.73 Å². The van der Waals surface area contributed by atoms with Gasteiger partial charge < -0.3 is 11.5 Å². The van der Waals surface area contributed by atoms with Crippen molar-refractivity contribution in [2.24, 2.45) is 5.73 Å². The lowest BCUT2D eigenvalue weighted by Crippen LogP contribution is -2.17. The maximum atomic E-state index is 13.7. The molecule has 5 nitrogen and oxygen atoms in total. The van der Waals surface area contributed by atoms with Gasteiger partial charge in [-0.05, 0) is 36.5 Å². The number of amides is 1. The first kappa shape index (κ1) is 16.8. The van der Waals surface area contributed by atoms with Crippen molar-refractivity contribution in [3.63, 3.8) is 0 Å². The van der Waals surface area contributed by atoms with Crippen molar-refractivity contribution in [1.29, 1.82) is 0 Å². The van der Waals surface area contributed by atoms with Crippen LogP contribution in [0.5, 0.6) is 0 Å². The summed E-state index contributed by atoms with van der Waals surface area (Å²) in [7, 11) is 0. The number of aryl methyl sites for hydroxylation is 2. The molecule has 0 radical (unpaired) electrons. The minimum Gasteiger partial charge on any atom is -0.396 e.